The highest BCUT2D eigenvalue weighted by Crippen LogP contribution is 2.38. The molecule has 0 bridgehead atoms. The zero-order valence-corrected chi connectivity index (χ0v) is 17.2. The van der Waals surface area contributed by atoms with Gasteiger partial charge in [0.2, 0.25) is 0 Å². The van der Waals surface area contributed by atoms with Gasteiger partial charge >= 0.3 is 0 Å². The molecule has 1 aromatic heterocycles. The molecule has 1 amide bonds. The Balaban J connectivity index is 1.74. The normalized spacial score (nSPS) is 21.3. The number of benzene rings is 1. The van der Waals surface area contributed by atoms with E-state index in [4.69, 9.17) is 5.73 Å². The van der Waals surface area contributed by atoms with Crippen molar-refractivity contribution in [3.05, 3.63) is 40.6 Å². The zero-order chi connectivity index (χ0) is 21.3. The highest BCUT2D eigenvalue weighted by atomic mass is 16.3. The molecule has 7 heteroatoms. The van der Waals surface area contributed by atoms with Crippen LogP contribution in [0.5, 0.6) is 5.88 Å². The van der Waals surface area contributed by atoms with Crippen LogP contribution in [0.25, 0.3) is 5.69 Å². The number of carbonyl (C=O) groups excluding carboxylic acids is 1. The van der Waals surface area contributed by atoms with Gasteiger partial charge in [0.25, 0.3) is 5.91 Å². The monoisotopic (exact) mass is 413 g/mol. The number of aromatic nitrogens is 1. The average molecular weight is 414 g/mol. The molecule has 162 valence electrons. The molecule has 2 aliphatic carbocycles. The van der Waals surface area contributed by atoms with E-state index in [9.17, 15) is 20.1 Å². The fraction of sp³-hybridized carbons (Fsp3) is 0.522. The number of aromatic hydroxyl groups is 1. The van der Waals surface area contributed by atoms with Crippen molar-refractivity contribution in [1.29, 1.82) is 0 Å². The van der Waals surface area contributed by atoms with Gasteiger partial charge in [-0.1, -0.05) is 0 Å². The van der Waals surface area contributed by atoms with Crippen LogP contribution in [0.4, 0.5) is 5.69 Å². The molecule has 1 aromatic carbocycles. The third kappa shape index (κ3) is 3.91. The van der Waals surface area contributed by atoms with E-state index in [-0.39, 0.29) is 24.6 Å². The smallest absolute Gasteiger partial charge is 0.250 e. The van der Waals surface area contributed by atoms with Crippen LogP contribution in [0, 0.1) is 0 Å². The molecule has 30 heavy (non-hydrogen) atoms. The summed E-state index contributed by atoms with van der Waals surface area (Å²) in [6.45, 7) is -0.00896. The lowest BCUT2D eigenvalue weighted by atomic mass is 9.92. The number of rotatable bonds is 6. The number of nitrogens with zero attached hydrogens (tertiary/aromatic N) is 1. The van der Waals surface area contributed by atoms with E-state index in [0.717, 1.165) is 73.9 Å². The quantitative estimate of drug-likeness (QED) is 0.498. The van der Waals surface area contributed by atoms with Crippen molar-refractivity contribution in [2.45, 2.75) is 69.9 Å². The number of anilines is 1. The third-order valence-electron chi connectivity index (χ3n) is 6.50. The topological polar surface area (TPSA) is 121 Å². The Kier molecular flexibility index (Phi) is 6.01. The summed E-state index contributed by atoms with van der Waals surface area (Å²) in [4.78, 5) is 12.0. The number of nitrogens with one attached hydrogen (secondary N) is 1. The minimum absolute atomic E-state index is 0.00896. The van der Waals surface area contributed by atoms with Crippen molar-refractivity contribution < 1.29 is 20.1 Å². The molecule has 4 rings (SSSR count). The molecule has 2 aliphatic rings. The average Bonchev–Trinajstić information content (AvgIpc) is 3.01. The maximum atomic E-state index is 12.0. The van der Waals surface area contributed by atoms with Crippen LogP contribution in [-0.4, -0.2) is 44.5 Å². The lowest BCUT2D eigenvalue weighted by molar-refractivity contribution is 0.100. The SMILES string of the molecule is NC(=O)c1ccc(-n2c(O)c(CCO)c3c2CCCC3)cc1NC1CCC(O)CC1. The third-order valence-corrected chi connectivity index (χ3v) is 6.50. The number of carbonyl (C=O) groups is 1. The van der Waals surface area contributed by atoms with Crippen LogP contribution < -0.4 is 11.1 Å². The fourth-order valence-corrected chi connectivity index (χ4v) is 4.96. The van der Waals surface area contributed by atoms with Crippen LogP contribution in [0.2, 0.25) is 0 Å². The van der Waals surface area contributed by atoms with Gasteiger partial charge in [0.05, 0.1) is 17.4 Å². The van der Waals surface area contributed by atoms with Gasteiger partial charge in [0.15, 0.2) is 5.88 Å². The molecule has 0 atom stereocenters. The minimum atomic E-state index is -0.500. The van der Waals surface area contributed by atoms with E-state index < -0.39 is 5.91 Å². The molecule has 0 spiro atoms. The predicted molar refractivity (Wildman–Crippen MR) is 115 cm³/mol. The van der Waals surface area contributed by atoms with E-state index >= 15 is 0 Å². The molecule has 1 heterocycles. The van der Waals surface area contributed by atoms with Gasteiger partial charge in [-0.15, -0.1) is 0 Å². The van der Waals surface area contributed by atoms with E-state index in [2.05, 4.69) is 5.32 Å². The van der Waals surface area contributed by atoms with Crippen molar-refractivity contribution in [3.8, 4) is 11.6 Å². The second kappa shape index (κ2) is 8.70. The number of hydrogen-bond acceptors (Lipinski definition) is 5. The summed E-state index contributed by atoms with van der Waals surface area (Å²) in [5, 5.41) is 33.7. The second-order valence-electron chi connectivity index (χ2n) is 8.49. The first-order chi connectivity index (χ1) is 14.5. The summed E-state index contributed by atoms with van der Waals surface area (Å²) in [6.07, 6.45) is 7.21. The van der Waals surface area contributed by atoms with Crippen LogP contribution in [0.15, 0.2) is 18.2 Å². The Morgan fingerprint density at radius 1 is 1.17 bits per heavy atom. The van der Waals surface area contributed by atoms with Gasteiger partial charge in [0.1, 0.15) is 0 Å². The van der Waals surface area contributed by atoms with Gasteiger partial charge in [-0.2, -0.15) is 0 Å². The number of amides is 1. The van der Waals surface area contributed by atoms with E-state index in [1.807, 2.05) is 16.7 Å². The Labute approximate surface area is 176 Å². The first-order valence-electron chi connectivity index (χ1n) is 10.9. The highest BCUT2D eigenvalue weighted by molar-refractivity contribution is 5.99. The summed E-state index contributed by atoms with van der Waals surface area (Å²) in [6, 6.07) is 5.56. The number of aliphatic hydroxyl groups excluding tert-OH is 2. The van der Waals surface area contributed by atoms with Crippen molar-refractivity contribution in [3.63, 3.8) is 0 Å². The van der Waals surface area contributed by atoms with Gasteiger partial charge in [-0.3, -0.25) is 9.36 Å². The maximum absolute atomic E-state index is 12.0. The van der Waals surface area contributed by atoms with Crippen molar-refractivity contribution in [2.24, 2.45) is 5.73 Å². The molecule has 6 N–H and O–H groups in total. The Bertz CT molecular complexity index is 929. The number of aliphatic hydroxyl groups is 2. The number of hydrogen-bond donors (Lipinski definition) is 5. The minimum Gasteiger partial charge on any atom is -0.494 e. The molecule has 2 aromatic rings. The molecule has 0 radical (unpaired) electrons. The highest BCUT2D eigenvalue weighted by Gasteiger charge is 2.26. The Hall–Kier alpha value is -2.51. The van der Waals surface area contributed by atoms with Crippen LogP contribution in [0.3, 0.4) is 0 Å². The summed E-state index contributed by atoms with van der Waals surface area (Å²) >= 11 is 0. The van der Waals surface area contributed by atoms with E-state index in [1.54, 1.807) is 6.07 Å². The van der Waals surface area contributed by atoms with Crippen LogP contribution in [0.1, 0.15) is 65.7 Å². The molecule has 1 fully saturated rings. The summed E-state index contributed by atoms with van der Waals surface area (Å²) in [7, 11) is 0. The lowest BCUT2D eigenvalue weighted by Gasteiger charge is -2.28. The zero-order valence-electron chi connectivity index (χ0n) is 17.2. The van der Waals surface area contributed by atoms with E-state index in [1.165, 1.54) is 0 Å². The lowest BCUT2D eigenvalue weighted by Crippen LogP contribution is -2.29. The molecular formula is C23H31N3O4. The van der Waals surface area contributed by atoms with E-state index in [0.29, 0.717) is 17.7 Å². The molecule has 0 saturated heterocycles. The van der Waals surface area contributed by atoms with Crippen molar-refractivity contribution >= 4 is 11.6 Å². The van der Waals surface area contributed by atoms with Crippen LogP contribution in [-0.2, 0) is 19.3 Å². The van der Waals surface area contributed by atoms with Gasteiger partial charge < -0.3 is 26.4 Å². The molecule has 1 saturated carbocycles. The molecular weight excluding hydrogens is 382 g/mol. The van der Waals surface area contributed by atoms with Gasteiger partial charge in [-0.25, -0.2) is 0 Å². The van der Waals surface area contributed by atoms with Crippen molar-refractivity contribution in [2.75, 3.05) is 11.9 Å². The summed E-state index contributed by atoms with van der Waals surface area (Å²) in [5.41, 5.74) is 10.5. The summed E-state index contributed by atoms with van der Waals surface area (Å²) < 4.78 is 1.86. The second-order valence-corrected chi connectivity index (χ2v) is 8.49. The first kappa shape index (κ1) is 20.8. The predicted octanol–water partition coefficient (Wildman–Crippen LogP) is 2.41. The van der Waals surface area contributed by atoms with Gasteiger partial charge in [0, 0.05) is 36.0 Å². The molecule has 7 nitrogen and oxygen atoms in total. The standard InChI is InChI=1S/C23H31N3O4/c24-22(29)19-10-7-15(13-20(19)25-14-5-8-16(28)9-6-14)26-21-4-2-1-3-17(21)18(11-12-27)23(26)30/h7,10,13-14,16,25,27-28,30H,1-6,8-9,11-12H2,(H2,24,29). The molecule has 0 aliphatic heterocycles. The fourth-order valence-electron chi connectivity index (χ4n) is 4.96. The largest absolute Gasteiger partial charge is 0.494 e. The summed E-state index contributed by atoms with van der Waals surface area (Å²) in [5.74, 6) is -0.325. The number of primary amides is 1. The Morgan fingerprint density at radius 2 is 1.90 bits per heavy atom. The maximum Gasteiger partial charge on any atom is 0.250 e. The van der Waals surface area contributed by atoms with Gasteiger partial charge in [-0.05, 0) is 75.1 Å². The van der Waals surface area contributed by atoms with Crippen molar-refractivity contribution in [1.82, 2.24) is 4.57 Å². The first-order valence-corrected chi connectivity index (χ1v) is 10.9. The number of nitrogens with two attached hydrogens (primary N) is 1. The van der Waals surface area contributed by atoms with Crippen LogP contribution >= 0.6 is 0 Å². The molecule has 0 unspecified atom stereocenters. The Morgan fingerprint density at radius 3 is 2.60 bits per heavy atom. The number of fused-ring (bicyclic) bond motifs is 1.